The number of carbonyl (C=O) groups excluding carboxylic acids is 1. The summed E-state index contributed by atoms with van der Waals surface area (Å²) in [6.07, 6.45) is 3.85. The number of nitrogens with zero attached hydrogens (tertiary/aromatic N) is 1. The molecule has 1 aliphatic carbocycles. The van der Waals surface area contributed by atoms with Crippen LogP contribution in [0.4, 0.5) is 17.6 Å². The van der Waals surface area contributed by atoms with Crippen molar-refractivity contribution in [3.05, 3.63) is 87.5 Å². The molecule has 0 fully saturated rings. The van der Waals surface area contributed by atoms with Crippen molar-refractivity contribution < 1.29 is 27.1 Å². The topological polar surface area (TPSA) is 50.1 Å². The van der Waals surface area contributed by atoms with Crippen molar-refractivity contribution in [3.63, 3.8) is 0 Å². The number of halogens is 4. The summed E-state index contributed by atoms with van der Waals surface area (Å²) >= 11 is 0. The number of esters is 1. The summed E-state index contributed by atoms with van der Waals surface area (Å²) in [4.78, 5) is 12.5. The monoisotopic (exact) mass is 453 g/mol. The van der Waals surface area contributed by atoms with Crippen molar-refractivity contribution in [1.82, 2.24) is 0 Å². The van der Waals surface area contributed by atoms with Crippen molar-refractivity contribution >= 4 is 5.97 Å². The number of hydrogen-bond acceptors (Lipinski definition) is 3. The van der Waals surface area contributed by atoms with E-state index in [1.165, 1.54) is 11.6 Å². The fraction of sp³-hybridized carbons (Fsp3) is 0.231. The molecule has 3 nitrogen and oxygen atoms in total. The lowest BCUT2D eigenvalue weighted by Crippen LogP contribution is -2.17. The molecule has 0 spiro atoms. The van der Waals surface area contributed by atoms with Gasteiger partial charge in [-0.25, -0.2) is 22.4 Å². The van der Waals surface area contributed by atoms with E-state index in [1.807, 2.05) is 12.1 Å². The fourth-order valence-corrected chi connectivity index (χ4v) is 4.12. The third-order valence-electron chi connectivity index (χ3n) is 5.78. The van der Waals surface area contributed by atoms with Crippen LogP contribution in [0.15, 0.2) is 36.4 Å². The van der Waals surface area contributed by atoms with Crippen LogP contribution in [0.5, 0.6) is 5.75 Å². The maximum absolute atomic E-state index is 15.3. The minimum atomic E-state index is -1.42. The maximum atomic E-state index is 15.3. The van der Waals surface area contributed by atoms with Gasteiger partial charge in [0.15, 0.2) is 0 Å². The van der Waals surface area contributed by atoms with Crippen LogP contribution in [0.1, 0.15) is 52.4 Å². The molecule has 0 amide bonds. The molecule has 0 bridgehead atoms. The average Bonchev–Trinajstić information content (AvgIpc) is 2.77. The Labute approximate surface area is 188 Å². The third kappa shape index (κ3) is 4.21. The molecule has 33 heavy (non-hydrogen) atoms. The highest BCUT2D eigenvalue weighted by atomic mass is 19.1. The first-order chi connectivity index (χ1) is 15.8. The maximum Gasteiger partial charge on any atom is 0.349 e. The van der Waals surface area contributed by atoms with Crippen LogP contribution in [-0.2, 0) is 19.3 Å². The van der Waals surface area contributed by atoms with Gasteiger partial charge in [-0.3, -0.25) is 0 Å². The molecule has 0 saturated carbocycles. The van der Waals surface area contributed by atoms with Crippen LogP contribution >= 0.6 is 0 Å². The molecule has 0 N–H and O–H groups in total. The van der Waals surface area contributed by atoms with E-state index in [0.29, 0.717) is 29.7 Å². The molecule has 1 aliphatic rings. The Bertz CT molecular complexity index is 1290. The number of hydrogen-bond donors (Lipinski definition) is 0. The van der Waals surface area contributed by atoms with Gasteiger partial charge in [0, 0.05) is 12.1 Å². The zero-order valence-corrected chi connectivity index (χ0v) is 17.8. The Morgan fingerprint density at radius 2 is 1.73 bits per heavy atom. The van der Waals surface area contributed by atoms with E-state index in [-0.39, 0.29) is 12.0 Å². The van der Waals surface area contributed by atoms with Crippen molar-refractivity contribution in [2.75, 3.05) is 0 Å². The first-order valence-electron chi connectivity index (χ1n) is 10.6. The molecule has 0 unspecified atom stereocenters. The largest absolute Gasteiger partial charge is 0.423 e. The predicted octanol–water partition coefficient (Wildman–Crippen LogP) is 6.44. The number of carbonyl (C=O) groups is 1. The Balaban J connectivity index is 1.68. The zero-order chi connectivity index (χ0) is 23.7. The van der Waals surface area contributed by atoms with Gasteiger partial charge in [-0.1, -0.05) is 31.5 Å². The van der Waals surface area contributed by atoms with E-state index in [9.17, 15) is 18.0 Å². The minimum absolute atomic E-state index is 0.189. The summed E-state index contributed by atoms with van der Waals surface area (Å²) in [6, 6.07) is 9.50. The number of unbranched alkanes of at least 4 members (excludes halogenated alkanes) is 1. The summed E-state index contributed by atoms with van der Waals surface area (Å²) in [5.41, 5.74) is 1.66. The highest BCUT2D eigenvalue weighted by Crippen LogP contribution is 2.38. The molecule has 0 aliphatic heterocycles. The smallest absolute Gasteiger partial charge is 0.349 e. The molecule has 0 saturated heterocycles. The van der Waals surface area contributed by atoms with Gasteiger partial charge in [0.1, 0.15) is 46.2 Å². The number of aryl methyl sites for hydroxylation is 2. The summed E-state index contributed by atoms with van der Waals surface area (Å²) in [7, 11) is 0. The van der Waals surface area contributed by atoms with E-state index in [0.717, 1.165) is 30.9 Å². The number of ether oxygens (including phenoxy) is 1. The fourth-order valence-electron chi connectivity index (χ4n) is 4.12. The molecular formula is C26H19F4NO2. The van der Waals surface area contributed by atoms with Gasteiger partial charge in [-0.05, 0) is 59.6 Å². The normalized spacial score (nSPS) is 12.0. The second kappa shape index (κ2) is 9.07. The highest BCUT2D eigenvalue weighted by Gasteiger charge is 2.29. The van der Waals surface area contributed by atoms with Gasteiger partial charge in [-0.2, -0.15) is 5.26 Å². The van der Waals surface area contributed by atoms with Gasteiger partial charge in [0.2, 0.25) is 0 Å². The molecule has 4 rings (SSSR count). The van der Waals surface area contributed by atoms with Crippen molar-refractivity contribution in [2.45, 2.75) is 39.0 Å². The number of benzene rings is 3. The van der Waals surface area contributed by atoms with Crippen LogP contribution in [0.25, 0.3) is 11.1 Å². The van der Waals surface area contributed by atoms with Crippen LogP contribution in [0.3, 0.4) is 0 Å². The summed E-state index contributed by atoms with van der Waals surface area (Å²) in [5, 5.41) is 8.72. The van der Waals surface area contributed by atoms with E-state index in [1.54, 1.807) is 0 Å². The Morgan fingerprint density at radius 1 is 1.00 bits per heavy atom. The molecule has 168 valence electrons. The van der Waals surface area contributed by atoms with Gasteiger partial charge in [-0.15, -0.1) is 0 Å². The van der Waals surface area contributed by atoms with E-state index in [2.05, 4.69) is 13.0 Å². The lowest BCUT2D eigenvalue weighted by Gasteiger charge is -2.22. The molecule has 0 heterocycles. The quantitative estimate of drug-likeness (QED) is 0.254. The Morgan fingerprint density at radius 3 is 2.39 bits per heavy atom. The van der Waals surface area contributed by atoms with Gasteiger partial charge in [0.05, 0.1) is 0 Å². The van der Waals surface area contributed by atoms with Crippen molar-refractivity contribution in [2.24, 2.45) is 0 Å². The van der Waals surface area contributed by atoms with E-state index in [4.69, 9.17) is 10.00 Å². The average molecular weight is 453 g/mol. The van der Waals surface area contributed by atoms with Crippen molar-refractivity contribution in [1.29, 1.82) is 5.26 Å². The number of fused-ring (bicyclic) bond motifs is 3. The second-order valence-corrected chi connectivity index (χ2v) is 7.93. The van der Waals surface area contributed by atoms with Crippen LogP contribution in [-0.4, -0.2) is 5.97 Å². The highest BCUT2D eigenvalue weighted by molar-refractivity contribution is 5.93. The molecule has 3 aromatic rings. The van der Waals surface area contributed by atoms with Crippen LogP contribution in [0.2, 0.25) is 0 Å². The van der Waals surface area contributed by atoms with Crippen LogP contribution in [0, 0.1) is 34.6 Å². The zero-order valence-electron chi connectivity index (χ0n) is 17.8. The first-order valence-corrected chi connectivity index (χ1v) is 10.6. The molecule has 7 heteroatoms. The van der Waals surface area contributed by atoms with Gasteiger partial charge >= 0.3 is 5.97 Å². The third-order valence-corrected chi connectivity index (χ3v) is 5.78. The first kappa shape index (κ1) is 22.5. The molecule has 3 aromatic carbocycles. The summed E-state index contributed by atoms with van der Waals surface area (Å²) < 4.78 is 62.5. The lowest BCUT2D eigenvalue weighted by molar-refractivity contribution is 0.0723. The van der Waals surface area contributed by atoms with Gasteiger partial charge < -0.3 is 4.74 Å². The molecule has 0 atom stereocenters. The molecule has 0 radical (unpaired) electrons. The van der Waals surface area contributed by atoms with Gasteiger partial charge in [0.25, 0.3) is 0 Å². The molecular weight excluding hydrogens is 434 g/mol. The van der Waals surface area contributed by atoms with Crippen molar-refractivity contribution in [3.8, 4) is 22.9 Å². The summed E-state index contributed by atoms with van der Waals surface area (Å²) in [5.74, 6) is -6.70. The molecule has 0 aromatic heterocycles. The SMILES string of the molecule is CCCCc1ccc2c(c1)CCc1c-2cc(F)c(C(=O)Oc2cc(F)c(C#N)c(F)c2)c1F. The second-order valence-electron chi connectivity index (χ2n) is 7.93. The predicted molar refractivity (Wildman–Crippen MR) is 114 cm³/mol. The standard InChI is InChI=1S/C26H19F4NO2/c1-2-3-4-14-5-7-17-15(9-14)6-8-18-19(17)12-23(29)24(25(18)30)26(32)33-16-10-21(27)20(13-31)22(28)11-16/h5,7,9-12H,2-4,6,8H2,1H3. The van der Waals surface area contributed by atoms with Crippen LogP contribution < -0.4 is 4.74 Å². The summed E-state index contributed by atoms with van der Waals surface area (Å²) in [6.45, 7) is 2.11. The van der Waals surface area contributed by atoms with E-state index >= 15 is 4.39 Å². The minimum Gasteiger partial charge on any atom is -0.423 e. The number of rotatable bonds is 5. The lowest BCUT2D eigenvalue weighted by atomic mass is 9.83. The Hall–Kier alpha value is -3.66. The Kier molecular flexibility index (Phi) is 6.19. The van der Waals surface area contributed by atoms with E-state index < -0.39 is 46.1 Å². The number of nitriles is 1.